The van der Waals surface area contributed by atoms with Crippen LogP contribution >= 0.6 is 44.2 Å². The molecule has 1 rings (SSSR count). The van der Waals surface area contributed by atoms with Gasteiger partial charge in [-0.15, -0.1) is 27.2 Å². The number of anilines is 1. The van der Waals surface area contributed by atoms with E-state index < -0.39 is 0 Å². The van der Waals surface area contributed by atoms with E-state index in [2.05, 4.69) is 26.1 Å². The molecule has 0 unspecified atom stereocenters. The van der Waals surface area contributed by atoms with Gasteiger partial charge < -0.3 is 5.73 Å². The first-order valence-electron chi connectivity index (χ1n) is 2.46. The van der Waals surface area contributed by atoms with E-state index in [-0.39, 0.29) is 17.0 Å². The molecule has 0 aromatic carbocycles. The topological polar surface area (TPSA) is 51.8 Å². The molecule has 0 amide bonds. The fourth-order valence-corrected chi connectivity index (χ4v) is 1.70. The van der Waals surface area contributed by atoms with Crippen LogP contribution in [0.1, 0.15) is 5.01 Å². The highest BCUT2D eigenvalue weighted by molar-refractivity contribution is 9.09. The number of alkyl halides is 1. The fourth-order valence-electron chi connectivity index (χ4n) is 0.448. The lowest BCUT2D eigenvalue weighted by atomic mass is 10.5. The van der Waals surface area contributed by atoms with Crippen molar-refractivity contribution in [3.05, 3.63) is 5.01 Å². The molecule has 0 saturated heterocycles. The van der Waals surface area contributed by atoms with Crippen molar-refractivity contribution < 1.29 is 0 Å². The van der Waals surface area contributed by atoms with Crippen LogP contribution in [0, 0.1) is 0 Å². The number of aromatic nitrogens is 2. The molecule has 0 bridgehead atoms. The van der Waals surface area contributed by atoms with Gasteiger partial charge >= 0.3 is 0 Å². The molecule has 3 nitrogen and oxygen atoms in total. The summed E-state index contributed by atoms with van der Waals surface area (Å²) in [7, 11) is 0. The van der Waals surface area contributed by atoms with Gasteiger partial charge in [-0.2, -0.15) is 0 Å². The summed E-state index contributed by atoms with van der Waals surface area (Å²) in [5, 5.41) is 9.94. The van der Waals surface area contributed by atoms with Gasteiger partial charge in [0, 0.05) is 11.8 Å². The smallest absolute Gasteiger partial charge is 0.203 e. The third-order valence-corrected chi connectivity index (χ3v) is 2.00. The number of hydrogen-bond donors (Lipinski definition) is 1. The highest BCUT2D eigenvalue weighted by Crippen LogP contribution is 2.11. The fraction of sp³-hybridized carbons (Fsp3) is 0.500. The molecule has 6 heteroatoms. The first-order valence-corrected chi connectivity index (χ1v) is 4.40. The van der Waals surface area contributed by atoms with E-state index in [9.17, 15) is 0 Å². The summed E-state index contributed by atoms with van der Waals surface area (Å²) in [6.45, 7) is 0. The van der Waals surface area contributed by atoms with Gasteiger partial charge in [0.2, 0.25) is 5.13 Å². The zero-order chi connectivity index (χ0) is 6.69. The number of rotatable bonds is 2. The van der Waals surface area contributed by atoms with Crippen molar-refractivity contribution in [2.75, 3.05) is 11.1 Å². The zero-order valence-electron chi connectivity index (χ0n) is 5.08. The summed E-state index contributed by atoms with van der Waals surface area (Å²) in [5.74, 6) is 0. The Balaban J connectivity index is 0.000000810. The number of hydrogen-bond acceptors (Lipinski definition) is 4. The van der Waals surface area contributed by atoms with Gasteiger partial charge in [-0.1, -0.05) is 27.3 Å². The van der Waals surface area contributed by atoms with Crippen LogP contribution in [-0.2, 0) is 6.42 Å². The van der Waals surface area contributed by atoms with Crippen LogP contribution in [0.15, 0.2) is 0 Å². The molecule has 2 N–H and O–H groups in total. The van der Waals surface area contributed by atoms with E-state index in [4.69, 9.17) is 5.73 Å². The molecule has 0 atom stereocenters. The van der Waals surface area contributed by atoms with Crippen LogP contribution in [0.2, 0.25) is 0 Å². The zero-order valence-corrected chi connectivity index (χ0v) is 9.20. The average Bonchev–Trinajstić information content (AvgIpc) is 2.17. The largest absolute Gasteiger partial charge is 0.374 e. The summed E-state index contributed by atoms with van der Waals surface area (Å²) in [4.78, 5) is 0. The predicted molar refractivity (Wildman–Crippen MR) is 52.1 cm³/mol. The quantitative estimate of drug-likeness (QED) is 0.842. The average molecular weight is 289 g/mol. The second kappa shape index (κ2) is 5.03. The minimum Gasteiger partial charge on any atom is -0.374 e. The van der Waals surface area contributed by atoms with Crippen LogP contribution in [0.3, 0.4) is 0 Å². The Labute approximate surface area is 81.9 Å². The van der Waals surface area contributed by atoms with E-state index >= 15 is 0 Å². The molecular weight excluding hydrogens is 282 g/mol. The van der Waals surface area contributed by atoms with Gasteiger partial charge in [-0.25, -0.2) is 0 Å². The Morgan fingerprint density at radius 3 is 2.60 bits per heavy atom. The highest BCUT2D eigenvalue weighted by atomic mass is 79.9. The van der Waals surface area contributed by atoms with E-state index in [1.165, 1.54) is 11.3 Å². The van der Waals surface area contributed by atoms with E-state index in [1.54, 1.807) is 0 Å². The molecule has 58 valence electrons. The number of aryl methyl sites for hydroxylation is 1. The first kappa shape index (κ1) is 10.3. The Hall–Kier alpha value is 0.320. The standard InChI is InChI=1S/C4H6BrN3S.BrH/c5-2-1-3-7-8-4(6)9-3;/h1-2H2,(H2,6,8);1H. The molecule has 1 aromatic heterocycles. The molecule has 0 fully saturated rings. The van der Waals surface area contributed by atoms with Crippen molar-refractivity contribution >= 4 is 49.4 Å². The van der Waals surface area contributed by atoms with Crippen molar-refractivity contribution in [2.24, 2.45) is 0 Å². The van der Waals surface area contributed by atoms with E-state index in [0.717, 1.165) is 16.8 Å². The minimum atomic E-state index is 0. The Morgan fingerprint density at radius 1 is 1.50 bits per heavy atom. The van der Waals surface area contributed by atoms with Crippen molar-refractivity contribution in [3.8, 4) is 0 Å². The molecule has 0 spiro atoms. The van der Waals surface area contributed by atoms with Crippen molar-refractivity contribution in [1.82, 2.24) is 10.2 Å². The number of nitrogen functional groups attached to an aromatic ring is 1. The summed E-state index contributed by atoms with van der Waals surface area (Å²) in [5.41, 5.74) is 5.34. The Kier molecular flexibility index (Phi) is 5.20. The van der Waals surface area contributed by atoms with Crippen molar-refractivity contribution in [3.63, 3.8) is 0 Å². The van der Waals surface area contributed by atoms with Crippen molar-refractivity contribution in [1.29, 1.82) is 0 Å². The van der Waals surface area contributed by atoms with Gasteiger partial charge in [0.05, 0.1) is 0 Å². The molecule has 0 saturated carbocycles. The van der Waals surface area contributed by atoms with Gasteiger partial charge in [-0.3, -0.25) is 0 Å². The maximum atomic E-state index is 5.34. The summed E-state index contributed by atoms with van der Waals surface area (Å²) in [6, 6.07) is 0. The monoisotopic (exact) mass is 287 g/mol. The number of halogens is 2. The van der Waals surface area contributed by atoms with Crippen LogP contribution in [0.25, 0.3) is 0 Å². The molecule has 0 aliphatic rings. The second-order valence-electron chi connectivity index (χ2n) is 1.47. The summed E-state index contributed by atoms with van der Waals surface area (Å²) < 4.78 is 0. The maximum Gasteiger partial charge on any atom is 0.203 e. The Morgan fingerprint density at radius 2 is 2.20 bits per heavy atom. The highest BCUT2D eigenvalue weighted by Gasteiger charge is 1.97. The lowest BCUT2D eigenvalue weighted by Gasteiger charge is -1.81. The van der Waals surface area contributed by atoms with E-state index in [1.807, 2.05) is 0 Å². The number of nitrogens with zero attached hydrogens (tertiary/aromatic N) is 2. The Bertz CT molecular complexity index is 190. The second-order valence-corrected chi connectivity index (χ2v) is 3.36. The predicted octanol–water partition coefficient (Wildman–Crippen LogP) is 1.64. The van der Waals surface area contributed by atoms with Gasteiger partial charge in [-0.05, 0) is 0 Å². The molecular formula is C4H7Br2N3S. The van der Waals surface area contributed by atoms with Crippen molar-refractivity contribution in [2.45, 2.75) is 6.42 Å². The lowest BCUT2D eigenvalue weighted by molar-refractivity contribution is 0.997. The molecule has 1 aromatic rings. The summed E-state index contributed by atoms with van der Waals surface area (Å²) in [6.07, 6.45) is 0.912. The number of nitrogens with two attached hydrogens (primary N) is 1. The SMILES string of the molecule is Br.Nc1nnc(CCBr)s1. The van der Waals surface area contributed by atoms with Crippen LogP contribution in [0.5, 0.6) is 0 Å². The maximum absolute atomic E-state index is 5.34. The normalized spacial score (nSPS) is 8.90. The van der Waals surface area contributed by atoms with Gasteiger partial charge in [0.25, 0.3) is 0 Å². The molecule has 10 heavy (non-hydrogen) atoms. The van der Waals surface area contributed by atoms with Crippen LogP contribution in [0.4, 0.5) is 5.13 Å². The minimum absolute atomic E-state index is 0. The third-order valence-electron chi connectivity index (χ3n) is 0.791. The molecule has 0 radical (unpaired) electrons. The van der Waals surface area contributed by atoms with Gasteiger partial charge in [0.15, 0.2) is 0 Å². The van der Waals surface area contributed by atoms with Crippen LogP contribution < -0.4 is 5.73 Å². The summed E-state index contributed by atoms with van der Waals surface area (Å²) >= 11 is 4.73. The lowest BCUT2D eigenvalue weighted by Crippen LogP contribution is -1.83. The van der Waals surface area contributed by atoms with E-state index in [0.29, 0.717) is 5.13 Å². The van der Waals surface area contributed by atoms with Crippen LogP contribution in [-0.4, -0.2) is 15.5 Å². The third kappa shape index (κ3) is 2.94. The molecule has 1 heterocycles. The molecule has 0 aliphatic carbocycles. The van der Waals surface area contributed by atoms with Gasteiger partial charge in [0.1, 0.15) is 5.01 Å². The molecule has 0 aliphatic heterocycles. The first-order chi connectivity index (χ1) is 4.33.